The summed E-state index contributed by atoms with van der Waals surface area (Å²) in [6.45, 7) is 3.30. The highest BCUT2D eigenvalue weighted by Gasteiger charge is 2.44. The van der Waals surface area contributed by atoms with E-state index in [1.54, 1.807) is 0 Å². The van der Waals surface area contributed by atoms with Crippen LogP contribution in [0, 0.1) is 5.92 Å². The van der Waals surface area contributed by atoms with Crippen molar-refractivity contribution < 1.29 is 18.3 Å². The second kappa shape index (κ2) is 6.79. The number of hydrogen-bond donors (Lipinski definition) is 1. The Kier molecular flexibility index (Phi) is 5.27. The summed E-state index contributed by atoms with van der Waals surface area (Å²) in [4.78, 5) is 2.23. The number of halogens is 3. The number of hydrogen-bond acceptors (Lipinski definition) is 2. The summed E-state index contributed by atoms with van der Waals surface area (Å²) in [7, 11) is 0. The molecule has 1 aromatic carbocycles. The second-order valence-corrected chi connectivity index (χ2v) is 5.69. The molecule has 1 heterocycles. The minimum absolute atomic E-state index is 0.246. The first kappa shape index (κ1) is 16.3. The van der Waals surface area contributed by atoms with Gasteiger partial charge in [0, 0.05) is 6.04 Å². The molecule has 0 saturated carbocycles. The summed E-state index contributed by atoms with van der Waals surface area (Å²) in [5, 5.41) is 9.37. The van der Waals surface area contributed by atoms with E-state index in [0.29, 0.717) is 25.9 Å². The first-order chi connectivity index (χ1) is 9.93. The molecule has 2 unspecified atom stereocenters. The van der Waals surface area contributed by atoms with Crippen molar-refractivity contribution in [1.82, 2.24) is 4.90 Å². The highest BCUT2D eigenvalue weighted by molar-refractivity contribution is 5.19. The van der Waals surface area contributed by atoms with Crippen LogP contribution in [-0.4, -0.2) is 35.4 Å². The Morgan fingerprint density at radius 2 is 1.76 bits per heavy atom. The summed E-state index contributed by atoms with van der Waals surface area (Å²) in [6.07, 6.45) is -4.97. The number of piperidine rings is 1. The van der Waals surface area contributed by atoms with Gasteiger partial charge in [0.05, 0.1) is 0 Å². The van der Waals surface area contributed by atoms with Crippen molar-refractivity contribution in [3.63, 3.8) is 0 Å². The van der Waals surface area contributed by atoms with E-state index < -0.39 is 18.2 Å². The Labute approximate surface area is 123 Å². The Morgan fingerprint density at radius 1 is 1.19 bits per heavy atom. The fourth-order valence-electron chi connectivity index (χ4n) is 3.19. The van der Waals surface area contributed by atoms with Crippen LogP contribution < -0.4 is 0 Å². The molecule has 0 bridgehead atoms. The average molecular weight is 301 g/mol. The van der Waals surface area contributed by atoms with Crippen LogP contribution in [-0.2, 0) is 0 Å². The molecule has 2 atom stereocenters. The molecule has 0 spiro atoms. The van der Waals surface area contributed by atoms with Crippen molar-refractivity contribution in [3.8, 4) is 0 Å². The van der Waals surface area contributed by atoms with Gasteiger partial charge in [0.15, 0.2) is 6.10 Å². The van der Waals surface area contributed by atoms with Gasteiger partial charge in [-0.25, -0.2) is 0 Å². The molecule has 1 N–H and O–H groups in total. The summed E-state index contributed by atoms with van der Waals surface area (Å²) in [5.74, 6) is -0.672. The number of aliphatic hydroxyl groups is 1. The molecule has 0 radical (unpaired) electrons. The normalized spacial score (nSPS) is 21.2. The zero-order valence-corrected chi connectivity index (χ0v) is 12.2. The van der Waals surface area contributed by atoms with Crippen LogP contribution in [0.1, 0.15) is 37.8 Å². The molecule has 0 aliphatic carbocycles. The molecular weight excluding hydrogens is 279 g/mol. The SMILES string of the molecule is CCC(c1ccccc1)N1CCC(C(O)C(F)(F)F)CC1. The lowest BCUT2D eigenvalue weighted by molar-refractivity contribution is -0.223. The molecule has 1 aliphatic heterocycles. The van der Waals surface area contributed by atoms with Crippen LogP contribution in [0.15, 0.2) is 30.3 Å². The first-order valence-corrected chi connectivity index (χ1v) is 7.47. The van der Waals surface area contributed by atoms with E-state index in [0.717, 1.165) is 6.42 Å². The monoisotopic (exact) mass is 301 g/mol. The molecule has 1 aliphatic rings. The third kappa shape index (κ3) is 3.98. The third-order valence-electron chi connectivity index (χ3n) is 4.37. The Bertz CT molecular complexity index is 427. The number of benzene rings is 1. The number of rotatable bonds is 4. The Morgan fingerprint density at radius 3 is 2.24 bits per heavy atom. The number of aliphatic hydroxyl groups excluding tert-OH is 1. The van der Waals surface area contributed by atoms with E-state index in [9.17, 15) is 18.3 Å². The standard InChI is InChI=1S/C16H22F3NO/c1-2-14(12-6-4-3-5-7-12)20-10-8-13(9-11-20)15(21)16(17,18)19/h3-7,13-15,21H,2,8-11H2,1H3. The van der Waals surface area contributed by atoms with E-state index >= 15 is 0 Å². The summed E-state index contributed by atoms with van der Waals surface area (Å²) in [6, 6.07) is 10.3. The molecule has 2 nitrogen and oxygen atoms in total. The van der Waals surface area contributed by atoms with Crippen molar-refractivity contribution in [2.75, 3.05) is 13.1 Å². The van der Waals surface area contributed by atoms with E-state index in [4.69, 9.17) is 0 Å². The molecule has 0 amide bonds. The van der Waals surface area contributed by atoms with Crippen molar-refractivity contribution >= 4 is 0 Å². The molecule has 5 heteroatoms. The van der Waals surface area contributed by atoms with E-state index in [-0.39, 0.29) is 6.04 Å². The van der Waals surface area contributed by atoms with Crippen LogP contribution in [0.4, 0.5) is 13.2 Å². The largest absolute Gasteiger partial charge is 0.414 e. The lowest BCUT2D eigenvalue weighted by atomic mass is 9.89. The van der Waals surface area contributed by atoms with Crippen LogP contribution in [0.3, 0.4) is 0 Å². The topological polar surface area (TPSA) is 23.5 Å². The van der Waals surface area contributed by atoms with Gasteiger partial charge in [-0.1, -0.05) is 37.3 Å². The predicted octanol–water partition coefficient (Wildman–Crippen LogP) is 3.77. The molecule has 118 valence electrons. The fraction of sp³-hybridized carbons (Fsp3) is 0.625. The van der Waals surface area contributed by atoms with E-state index in [1.807, 2.05) is 18.2 Å². The van der Waals surface area contributed by atoms with E-state index in [2.05, 4.69) is 24.0 Å². The molecule has 1 saturated heterocycles. The molecule has 1 fully saturated rings. The lowest BCUT2D eigenvalue weighted by Crippen LogP contribution is -2.44. The minimum Gasteiger partial charge on any atom is -0.383 e. The first-order valence-electron chi connectivity index (χ1n) is 7.47. The lowest BCUT2D eigenvalue weighted by Gasteiger charge is -2.39. The Hall–Kier alpha value is -1.07. The smallest absolute Gasteiger partial charge is 0.383 e. The van der Waals surface area contributed by atoms with Gasteiger partial charge in [0.25, 0.3) is 0 Å². The number of likely N-dealkylation sites (tertiary alicyclic amines) is 1. The zero-order chi connectivity index (χ0) is 15.5. The maximum absolute atomic E-state index is 12.6. The summed E-state index contributed by atoms with van der Waals surface area (Å²) in [5.41, 5.74) is 1.20. The third-order valence-corrected chi connectivity index (χ3v) is 4.37. The van der Waals surface area contributed by atoms with Gasteiger partial charge in [-0.05, 0) is 43.8 Å². The second-order valence-electron chi connectivity index (χ2n) is 5.69. The van der Waals surface area contributed by atoms with Crippen LogP contribution in [0.2, 0.25) is 0 Å². The number of nitrogens with zero attached hydrogens (tertiary/aromatic N) is 1. The van der Waals surface area contributed by atoms with Crippen LogP contribution in [0.5, 0.6) is 0 Å². The summed E-state index contributed by atoms with van der Waals surface area (Å²) >= 11 is 0. The van der Waals surface area contributed by atoms with Crippen molar-refractivity contribution in [3.05, 3.63) is 35.9 Å². The highest BCUT2D eigenvalue weighted by Crippen LogP contribution is 2.34. The van der Waals surface area contributed by atoms with Crippen LogP contribution >= 0.6 is 0 Å². The summed E-state index contributed by atoms with van der Waals surface area (Å²) < 4.78 is 37.7. The highest BCUT2D eigenvalue weighted by atomic mass is 19.4. The van der Waals surface area contributed by atoms with Crippen molar-refractivity contribution in [1.29, 1.82) is 0 Å². The maximum atomic E-state index is 12.6. The van der Waals surface area contributed by atoms with Gasteiger partial charge in [-0.3, -0.25) is 4.90 Å². The average Bonchev–Trinajstić information content (AvgIpc) is 2.48. The van der Waals surface area contributed by atoms with E-state index in [1.165, 1.54) is 5.56 Å². The van der Waals surface area contributed by atoms with Crippen molar-refractivity contribution in [2.24, 2.45) is 5.92 Å². The van der Waals surface area contributed by atoms with Crippen LogP contribution in [0.25, 0.3) is 0 Å². The van der Waals surface area contributed by atoms with Gasteiger partial charge < -0.3 is 5.11 Å². The zero-order valence-electron chi connectivity index (χ0n) is 12.2. The van der Waals surface area contributed by atoms with Gasteiger partial charge >= 0.3 is 6.18 Å². The molecule has 21 heavy (non-hydrogen) atoms. The van der Waals surface area contributed by atoms with Gasteiger partial charge in [0.2, 0.25) is 0 Å². The fourth-order valence-corrected chi connectivity index (χ4v) is 3.19. The number of alkyl halides is 3. The predicted molar refractivity (Wildman–Crippen MR) is 75.8 cm³/mol. The quantitative estimate of drug-likeness (QED) is 0.915. The molecular formula is C16H22F3NO. The van der Waals surface area contributed by atoms with Gasteiger partial charge in [0.1, 0.15) is 0 Å². The molecule has 0 aromatic heterocycles. The molecule has 1 aromatic rings. The van der Waals surface area contributed by atoms with Gasteiger partial charge in [-0.2, -0.15) is 13.2 Å². The van der Waals surface area contributed by atoms with Gasteiger partial charge in [-0.15, -0.1) is 0 Å². The van der Waals surface area contributed by atoms with Crippen molar-refractivity contribution in [2.45, 2.75) is 44.5 Å². The maximum Gasteiger partial charge on any atom is 0.414 e. The molecule has 2 rings (SSSR count). The Balaban J connectivity index is 1.97. The minimum atomic E-state index is -4.50.